The van der Waals surface area contributed by atoms with Crippen molar-refractivity contribution in [2.45, 2.75) is 38.5 Å². The number of carbonyl (C=O) groups excluding carboxylic acids is 2. The van der Waals surface area contributed by atoms with Crippen LogP contribution in [0.1, 0.15) is 30.5 Å². The summed E-state index contributed by atoms with van der Waals surface area (Å²) in [4.78, 5) is 40.2. The SMILES string of the molecule is C[C@@H](C(=O)O)N1C(=O)N(Cc2ccccc2)[C@](C)(c2ccc(CN)cc2)C1=O. The van der Waals surface area contributed by atoms with Gasteiger partial charge in [0.2, 0.25) is 0 Å². The summed E-state index contributed by atoms with van der Waals surface area (Å²) in [6, 6.07) is 14.6. The van der Waals surface area contributed by atoms with Crippen molar-refractivity contribution in [2.24, 2.45) is 5.73 Å². The molecule has 0 spiro atoms. The average Bonchev–Trinajstić information content (AvgIpc) is 2.89. The third kappa shape index (κ3) is 3.14. The summed E-state index contributed by atoms with van der Waals surface area (Å²) < 4.78 is 0. The number of carboxylic acid groups (broad SMARTS) is 1. The fraction of sp³-hybridized carbons (Fsp3) is 0.286. The molecule has 28 heavy (non-hydrogen) atoms. The van der Waals surface area contributed by atoms with Crippen LogP contribution in [0.25, 0.3) is 0 Å². The van der Waals surface area contributed by atoms with Gasteiger partial charge in [0.1, 0.15) is 11.6 Å². The Morgan fingerprint density at radius 1 is 1.07 bits per heavy atom. The molecule has 0 unspecified atom stereocenters. The van der Waals surface area contributed by atoms with Crippen LogP contribution in [-0.2, 0) is 28.2 Å². The Morgan fingerprint density at radius 3 is 2.21 bits per heavy atom. The molecule has 0 aliphatic carbocycles. The number of urea groups is 1. The highest BCUT2D eigenvalue weighted by Gasteiger charge is 2.57. The molecule has 1 aliphatic heterocycles. The van der Waals surface area contributed by atoms with Crippen molar-refractivity contribution in [1.82, 2.24) is 9.80 Å². The second kappa shape index (κ2) is 7.44. The van der Waals surface area contributed by atoms with Gasteiger partial charge in [-0.1, -0.05) is 54.6 Å². The van der Waals surface area contributed by atoms with Gasteiger partial charge in [0.05, 0.1) is 0 Å². The molecule has 3 amide bonds. The number of hydrogen-bond donors (Lipinski definition) is 2. The van der Waals surface area contributed by atoms with Gasteiger partial charge in [-0.2, -0.15) is 0 Å². The minimum absolute atomic E-state index is 0.184. The summed E-state index contributed by atoms with van der Waals surface area (Å²) in [5, 5.41) is 9.38. The summed E-state index contributed by atoms with van der Waals surface area (Å²) >= 11 is 0. The third-order valence-corrected chi connectivity index (χ3v) is 5.29. The van der Waals surface area contributed by atoms with E-state index in [9.17, 15) is 19.5 Å². The van der Waals surface area contributed by atoms with Crippen molar-refractivity contribution in [3.8, 4) is 0 Å². The van der Waals surface area contributed by atoms with Crippen LogP contribution in [0.5, 0.6) is 0 Å². The smallest absolute Gasteiger partial charge is 0.329 e. The van der Waals surface area contributed by atoms with Crippen LogP contribution in [0.3, 0.4) is 0 Å². The molecule has 0 bridgehead atoms. The van der Waals surface area contributed by atoms with Gasteiger partial charge in [-0.05, 0) is 30.5 Å². The Morgan fingerprint density at radius 2 is 1.68 bits per heavy atom. The van der Waals surface area contributed by atoms with Crippen molar-refractivity contribution in [2.75, 3.05) is 0 Å². The first-order valence-electron chi connectivity index (χ1n) is 9.02. The van der Waals surface area contributed by atoms with Gasteiger partial charge in [0.15, 0.2) is 0 Å². The Hall–Kier alpha value is -3.19. The Bertz CT molecular complexity index is 898. The van der Waals surface area contributed by atoms with E-state index in [0.29, 0.717) is 12.1 Å². The molecule has 7 heteroatoms. The summed E-state index contributed by atoms with van der Waals surface area (Å²) in [6.45, 7) is 3.54. The molecule has 3 N–H and O–H groups in total. The van der Waals surface area contributed by atoms with Crippen LogP contribution < -0.4 is 5.73 Å². The van der Waals surface area contributed by atoms with E-state index in [1.54, 1.807) is 19.1 Å². The van der Waals surface area contributed by atoms with E-state index >= 15 is 0 Å². The number of imide groups is 1. The largest absolute Gasteiger partial charge is 0.480 e. The molecule has 1 saturated heterocycles. The van der Waals surface area contributed by atoms with Gasteiger partial charge in [-0.3, -0.25) is 4.79 Å². The van der Waals surface area contributed by atoms with Gasteiger partial charge in [-0.15, -0.1) is 0 Å². The molecule has 2 atom stereocenters. The first-order valence-corrected chi connectivity index (χ1v) is 9.02. The minimum Gasteiger partial charge on any atom is -0.480 e. The van der Waals surface area contributed by atoms with Crippen molar-refractivity contribution in [3.05, 3.63) is 71.3 Å². The standard InChI is InChI=1S/C21H23N3O4/c1-14(18(25)26)24-19(27)21(2,17-10-8-15(12-22)9-11-17)23(20(24)28)13-16-6-4-3-5-7-16/h3-11,14H,12-13,22H2,1-2H3,(H,25,26)/t14-,21+/m0/s1. The maximum absolute atomic E-state index is 13.3. The van der Waals surface area contributed by atoms with E-state index in [1.165, 1.54) is 11.8 Å². The van der Waals surface area contributed by atoms with Gasteiger partial charge in [-0.25, -0.2) is 14.5 Å². The van der Waals surface area contributed by atoms with E-state index in [0.717, 1.165) is 16.0 Å². The lowest BCUT2D eigenvalue weighted by Gasteiger charge is -2.32. The number of carbonyl (C=O) groups is 3. The van der Waals surface area contributed by atoms with Gasteiger partial charge >= 0.3 is 12.0 Å². The number of hydrogen-bond acceptors (Lipinski definition) is 4. The molecule has 0 aromatic heterocycles. The van der Waals surface area contributed by atoms with E-state index in [1.807, 2.05) is 42.5 Å². The van der Waals surface area contributed by atoms with Crippen molar-refractivity contribution < 1.29 is 19.5 Å². The number of amides is 3. The molecule has 1 fully saturated rings. The van der Waals surface area contributed by atoms with Crippen molar-refractivity contribution in [1.29, 1.82) is 0 Å². The minimum atomic E-state index is -1.32. The van der Waals surface area contributed by atoms with E-state index in [-0.39, 0.29) is 6.54 Å². The molecule has 0 radical (unpaired) electrons. The fourth-order valence-electron chi connectivity index (χ4n) is 3.45. The van der Waals surface area contributed by atoms with E-state index < -0.39 is 29.5 Å². The Balaban J connectivity index is 2.09. The predicted octanol–water partition coefficient (Wildman–Crippen LogP) is 2.30. The molecule has 0 saturated carbocycles. The molecule has 1 aliphatic rings. The number of aliphatic carboxylic acids is 1. The van der Waals surface area contributed by atoms with E-state index in [2.05, 4.69) is 0 Å². The first kappa shape index (κ1) is 19.6. The van der Waals surface area contributed by atoms with Crippen LogP contribution in [0.2, 0.25) is 0 Å². The number of nitrogens with zero attached hydrogens (tertiary/aromatic N) is 2. The lowest BCUT2D eigenvalue weighted by atomic mass is 9.89. The van der Waals surface area contributed by atoms with Crippen molar-refractivity contribution in [3.63, 3.8) is 0 Å². The molecule has 146 valence electrons. The van der Waals surface area contributed by atoms with Crippen molar-refractivity contribution >= 4 is 17.9 Å². The van der Waals surface area contributed by atoms with Crippen LogP contribution in [0.4, 0.5) is 4.79 Å². The first-order chi connectivity index (χ1) is 13.3. The maximum Gasteiger partial charge on any atom is 0.329 e. The monoisotopic (exact) mass is 381 g/mol. The number of benzene rings is 2. The summed E-state index contributed by atoms with van der Waals surface area (Å²) in [6.07, 6.45) is 0. The van der Waals surface area contributed by atoms with Crippen LogP contribution in [0, 0.1) is 0 Å². The highest BCUT2D eigenvalue weighted by molar-refractivity contribution is 6.09. The number of rotatable bonds is 6. The molecule has 1 heterocycles. The second-order valence-electron chi connectivity index (χ2n) is 7.02. The molecule has 3 rings (SSSR count). The Labute approximate surface area is 163 Å². The lowest BCUT2D eigenvalue weighted by Crippen LogP contribution is -2.45. The van der Waals surface area contributed by atoms with Crippen LogP contribution in [0.15, 0.2) is 54.6 Å². The van der Waals surface area contributed by atoms with Crippen LogP contribution in [-0.4, -0.2) is 38.9 Å². The predicted molar refractivity (Wildman–Crippen MR) is 103 cm³/mol. The van der Waals surface area contributed by atoms with Gasteiger partial charge in [0.25, 0.3) is 5.91 Å². The summed E-state index contributed by atoms with van der Waals surface area (Å²) in [5.41, 5.74) is 6.69. The van der Waals surface area contributed by atoms with Gasteiger partial charge in [0, 0.05) is 13.1 Å². The zero-order valence-electron chi connectivity index (χ0n) is 15.8. The summed E-state index contributed by atoms with van der Waals surface area (Å²) in [7, 11) is 0. The maximum atomic E-state index is 13.3. The molecule has 7 nitrogen and oxygen atoms in total. The highest BCUT2D eigenvalue weighted by atomic mass is 16.4. The second-order valence-corrected chi connectivity index (χ2v) is 7.02. The van der Waals surface area contributed by atoms with Crippen LogP contribution >= 0.6 is 0 Å². The quantitative estimate of drug-likeness (QED) is 0.747. The van der Waals surface area contributed by atoms with Gasteiger partial charge < -0.3 is 15.7 Å². The number of carboxylic acids is 1. The highest BCUT2D eigenvalue weighted by Crippen LogP contribution is 2.39. The molecule has 2 aromatic rings. The fourth-order valence-corrected chi connectivity index (χ4v) is 3.45. The molecular formula is C21H23N3O4. The molecule has 2 aromatic carbocycles. The summed E-state index contributed by atoms with van der Waals surface area (Å²) in [5.74, 6) is -1.78. The average molecular weight is 381 g/mol. The molecular weight excluding hydrogens is 358 g/mol. The number of nitrogens with two attached hydrogens (primary N) is 1. The lowest BCUT2D eigenvalue weighted by molar-refractivity contribution is -0.147. The topological polar surface area (TPSA) is 104 Å². The zero-order valence-corrected chi connectivity index (χ0v) is 15.8. The zero-order chi connectivity index (χ0) is 20.5. The normalized spacial score (nSPS) is 20.5. The third-order valence-electron chi connectivity index (χ3n) is 5.29. The van der Waals surface area contributed by atoms with E-state index in [4.69, 9.17) is 5.73 Å². The Kier molecular flexibility index (Phi) is 5.20.